The Kier molecular flexibility index (Phi) is 4.83. The van der Waals surface area contributed by atoms with Gasteiger partial charge in [-0.3, -0.25) is 4.79 Å². The van der Waals surface area contributed by atoms with E-state index in [1.54, 1.807) is 6.07 Å². The topological polar surface area (TPSA) is 64.3 Å². The average Bonchev–Trinajstić information content (AvgIpc) is 2.42. The molecule has 1 aliphatic rings. The lowest BCUT2D eigenvalue weighted by atomic mass is 9.66. The molecular weight excluding hydrogens is 271 g/mol. The molecule has 2 rings (SSSR count). The molecule has 1 amide bonds. The van der Waals surface area contributed by atoms with Crippen LogP contribution in [0.4, 0.5) is 4.39 Å². The summed E-state index contributed by atoms with van der Waals surface area (Å²) in [6, 6.07) is 4.00. The zero-order chi connectivity index (χ0) is 15.5. The molecule has 116 valence electrons. The first-order valence-electron chi connectivity index (χ1n) is 7.32. The second kappa shape index (κ2) is 6.43. The van der Waals surface area contributed by atoms with E-state index in [0.29, 0.717) is 24.3 Å². The van der Waals surface area contributed by atoms with Crippen LogP contribution in [0.5, 0.6) is 5.75 Å². The van der Waals surface area contributed by atoms with E-state index in [1.165, 1.54) is 19.2 Å². The third-order valence-electron chi connectivity index (χ3n) is 4.42. The molecule has 0 radical (unpaired) electrons. The molecule has 1 aromatic carbocycles. The first kappa shape index (κ1) is 15.8. The number of ether oxygens (including phenoxy) is 1. The summed E-state index contributed by atoms with van der Waals surface area (Å²) < 4.78 is 18.6. The quantitative estimate of drug-likeness (QED) is 0.847. The summed E-state index contributed by atoms with van der Waals surface area (Å²) in [5.74, 6) is 0.185. The zero-order valence-electron chi connectivity index (χ0n) is 12.6. The van der Waals surface area contributed by atoms with E-state index in [-0.39, 0.29) is 23.2 Å². The van der Waals surface area contributed by atoms with Crippen molar-refractivity contribution in [2.75, 3.05) is 13.7 Å². The number of nitrogens with two attached hydrogens (primary N) is 1. The van der Waals surface area contributed by atoms with Gasteiger partial charge < -0.3 is 15.8 Å². The Morgan fingerprint density at radius 3 is 2.76 bits per heavy atom. The molecule has 1 aliphatic carbocycles. The standard InChI is InChI=1S/C16H23FN2O2/c1-11(13-8-12(17)4-5-14(13)21-2)19-15(20)9-16(10-18)6-3-7-16/h4-5,8,11H,3,6-7,9-10,18H2,1-2H3,(H,19,20). The molecule has 1 fully saturated rings. The third-order valence-corrected chi connectivity index (χ3v) is 4.42. The summed E-state index contributed by atoms with van der Waals surface area (Å²) in [7, 11) is 1.53. The number of methoxy groups -OCH3 is 1. The lowest BCUT2D eigenvalue weighted by Gasteiger charge is -2.40. The fourth-order valence-corrected chi connectivity index (χ4v) is 2.88. The highest BCUT2D eigenvalue weighted by Crippen LogP contribution is 2.43. The maximum Gasteiger partial charge on any atom is 0.221 e. The van der Waals surface area contributed by atoms with Crippen LogP contribution in [0.25, 0.3) is 0 Å². The van der Waals surface area contributed by atoms with Gasteiger partial charge in [0.1, 0.15) is 11.6 Å². The predicted molar refractivity (Wildman–Crippen MR) is 79.5 cm³/mol. The van der Waals surface area contributed by atoms with Gasteiger partial charge in [0.05, 0.1) is 13.2 Å². The predicted octanol–water partition coefficient (Wildman–Crippen LogP) is 2.53. The minimum atomic E-state index is -0.343. The molecule has 0 aromatic heterocycles. The first-order chi connectivity index (χ1) is 9.99. The monoisotopic (exact) mass is 294 g/mol. The van der Waals surface area contributed by atoms with Gasteiger partial charge in [-0.15, -0.1) is 0 Å². The molecule has 0 spiro atoms. The number of halogens is 1. The molecule has 0 saturated heterocycles. The van der Waals surface area contributed by atoms with Gasteiger partial charge >= 0.3 is 0 Å². The van der Waals surface area contributed by atoms with E-state index in [1.807, 2.05) is 6.92 Å². The Labute approximate surface area is 124 Å². The van der Waals surface area contributed by atoms with E-state index in [2.05, 4.69) is 5.32 Å². The lowest BCUT2D eigenvalue weighted by Crippen LogP contribution is -2.42. The molecular formula is C16H23FN2O2. The highest BCUT2D eigenvalue weighted by molar-refractivity contribution is 5.77. The molecule has 0 aliphatic heterocycles. The van der Waals surface area contributed by atoms with E-state index >= 15 is 0 Å². The normalized spacial score (nSPS) is 17.7. The molecule has 1 aromatic rings. The number of benzene rings is 1. The van der Waals surface area contributed by atoms with Crippen LogP contribution in [-0.4, -0.2) is 19.6 Å². The number of amides is 1. The first-order valence-corrected chi connectivity index (χ1v) is 7.32. The van der Waals surface area contributed by atoms with Gasteiger partial charge in [0, 0.05) is 12.0 Å². The average molecular weight is 294 g/mol. The molecule has 0 bridgehead atoms. The fourth-order valence-electron chi connectivity index (χ4n) is 2.88. The Morgan fingerprint density at radius 1 is 1.52 bits per heavy atom. The minimum Gasteiger partial charge on any atom is -0.496 e. The number of hydrogen-bond acceptors (Lipinski definition) is 3. The maximum atomic E-state index is 13.4. The molecule has 4 nitrogen and oxygen atoms in total. The minimum absolute atomic E-state index is 0.0319. The third kappa shape index (κ3) is 3.53. The SMILES string of the molecule is COc1ccc(F)cc1C(C)NC(=O)CC1(CN)CCC1. The Morgan fingerprint density at radius 2 is 2.24 bits per heavy atom. The van der Waals surface area contributed by atoms with Gasteiger partial charge in [-0.25, -0.2) is 4.39 Å². The van der Waals surface area contributed by atoms with E-state index in [4.69, 9.17) is 10.5 Å². The summed E-state index contributed by atoms with van der Waals surface area (Å²) in [5, 5.41) is 2.92. The van der Waals surface area contributed by atoms with Crippen LogP contribution in [-0.2, 0) is 4.79 Å². The molecule has 1 atom stereocenters. The highest BCUT2D eigenvalue weighted by atomic mass is 19.1. The molecule has 5 heteroatoms. The van der Waals surface area contributed by atoms with Crippen molar-refractivity contribution in [3.05, 3.63) is 29.6 Å². The summed E-state index contributed by atoms with van der Waals surface area (Å²) in [6.45, 7) is 2.36. The van der Waals surface area contributed by atoms with Crippen molar-refractivity contribution in [1.82, 2.24) is 5.32 Å². The van der Waals surface area contributed by atoms with Crippen LogP contribution in [0.2, 0.25) is 0 Å². The van der Waals surface area contributed by atoms with Gasteiger partial charge in [0.2, 0.25) is 5.91 Å². The van der Waals surface area contributed by atoms with E-state index in [9.17, 15) is 9.18 Å². The van der Waals surface area contributed by atoms with Crippen molar-refractivity contribution in [3.8, 4) is 5.75 Å². The van der Waals surface area contributed by atoms with Crippen LogP contribution in [0, 0.1) is 11.2 Å². The van der Waals surface area contributed by atoms with Gasteiger partial charge in [-0.2, -0.15) is 0 Å². The van der Waals surface area contributed by atoms with E-state index in [0.717, 1.165) is 19.3 Å². The largest absolute Gasteiger partial charge is 0.496 e. The number of rotatable bonds is 6. The lowest BCUT2D eigenvalue weighted by molar-refractivity contribution is -0.125. The summed E-state index contributed by atoms with van der Waals surface area (Å²) in [5.41, 5.74) is 6.38. The van der Waals surface area contributed by atoms with E-state index < -0.39 is 0 Å². The molecule has 1 unspecified atom stereocenters. The Hall–Kier alpha value is -1.62. The number of carbonyl (C=O) groups is 1. The van der Waals surface area contributed by atoms with Crippen LogP contribution in [0.1, 0.15) is 44.2 Å². The van der Waals surface area contributed by atoms with Crippen molar-refractivity contribution < 1.29 is 13.9 Å². The van der Waals surface area contributed by atoms with Crippen molar-refractivity contribution in [2.24, 2.45) is 11.1 Å². The van der Waals surface area contributed by atoms with Gasteiger partial charge in [0.15, 0.2) is 0 Å². The molecule has 3 N–H and O–H groups in total. The second-order valence-corrected chi connectivity index (χ2v) is 5.91. The maximum absolute atomic E-state index is 13.4. The molecule has 21 heavy (non-hydrogen) atoms. The Balaban J connectivity index is 2.02. The zero-order valence-corrected chi connectivity index (χ0v) is 12.6. The van der Waals surface area contributed by atoms with Crippen molar-refractivity contribution >= 4 is 5.91 Å². The molecule has 1 saturated carbocycles. The van der Waals surface area contributed by atoms with Crippen LogP contribution in [0.3, 0.4) is 0 Å². The highest BCUT2D eigenvalue weighted by Gasteiger charge is 2.37. The van der Waals surface area contributed by atoms with Crippen LogP contribution >= 0.6 is 0 Å². The molecule has 0 heterocycles. The number of carbonyl (C=O) groups excluding carboxylic acids is 1. The smallest absolute Gasteiger partial charge is 0.221 e. The van der Waals surface area contributed by atoms with Crippen molar-refractivity contribution in [3.63, 3.8) is 0 Å². The van der Waals surface area contributed by atoms with Gasteiger partial charge in [-0.1, -0.05) is 6.42 Å². The van der Waals surface area contributed by atoms with Crippen molar-refractivity contribution in [2.45, 2.75) is 38.6 Å². The number of hydrogen-bond donors (Lipinski definition) is 2. The summed E-state index contributed by atoms with van der Waals surface area (Å²) in [4.78, 5) is 12.2. The summed E-state index contributed by atoms with van der Waals surface area (Å²) in [6.07, 6.45) is 3.59. The Bertz CT molecular complexity index is 509. The second-order valence-electron chi connectivity index (χ2n) is 5.91. The fraction of sp³-hybridized carbons (Fsp3) is 0.562. The summed E-state index contributed by atoms with van der Waals surface area (Å²) >= 11 is 0. The van der Waals surface area contributed by atoms with Crippen LogP contribution in [0.15, 0.2) is 18.2 Å². The van der Waals surface area contributed by atoms with Gasteiger partial charge in [0.25, 0.3) is 0 Å². The number of nitrogens with one attached hydrogen (secondary N) is 1. The van der Waals surface area contributed by atoms with Crippen molar-refractivity contribution in [1.29, 1.82) is 0 Å². The van der Waals surface area contributed by atoms with Gasteiger partial charge in [-0.05, 0) is 49.9 Å². The van der Waals surface area contributed by atoms with Crippen LogP contribution < -0.4 is 15.8 Å².